The van der Waals surface area contributed by atoms with Gasteiger partial charge in [-0.2, -0.15) is 5.10 Å². The first-order valence-corrected chi connectivity index (χ1v) is 11.0. The molecular formula is C25H28N4O3. The van der Waals surface area contributed by atoms with Gasteiger partial charge in [-0.15, -0.1) is 0 Å². The average molecular weight is 433 g/mol. The van der Waals surface area contributed by atoms with Crippen molar-refractivity contribution >= 4 is 11.8 Å². The largest absolute Gasteiger partial charge is 0.497 e. The molecule has 3 aromatic rings. The van der Waals surface area contributed by atoms with Crippen LogP contribution in [0.15, 0.2) is 60.8 Å². The molecule has 4 rings (SSSR count). The van der Waals surface area contributed by atoms with Crippen molar-refractivity contribution < 1.29 is 14.3 Å². The molecule has 0 radical (unpaired) electrons. The highest BCUT2D eigenvalue weighted by atomic mass is 16.5. The quantitative estimate of drug-likeness (QED) is 0.526. The Morgan fingerprint density at radius 1 is 1.16 bits per heavy atom. The van der Waals surface area contributed by atoms with Crippen LogP contribution in [0.2, 0.25) is 0 Å². The van der Waals surface area contributed by atoms with E-state index >= 15 is 0 Å². The smallest absolute Gasteiger partial charge is 0.255 e. The zero-order valence-corrected chi connectivity index (χ0v) is 18.3. The molecule has 0 atom stereocenters. The van der Waals surface area contributed by atoms with Crippen molar-refractivity contribution in [2.45, 2.75) is 25.8 Å². The van der Waals surface area contributed by atoms with Crippen LogP contribution in [0, 0.1) is 0 Å². The molecular weight excluding hydrogens is 404 g/mol. The summed E-state index contributed by atoms with van der Waals surface area (Å²) in [6.45, 7) is 2.57. The summed E-state index contributed by atoms with van der Waals surface area (Å²) in [6, 6.07) is 17.6. The molecule has 1 saturated heterocycles. The maximum atomic E-state index is 13.0. The number of likely N-dealkylation sites (tertiary alicyclic amines) is 1. The summed E-state index contributed by atoms with van der Waals surface area (Å²) < 4.78 is 7.14. The standard InChI is InChI=1S/C25H28N4O3/c1-32-21-11-5-10-20(16-21)24-22(18-29(27-24)17-19-8-3-2-4-9-19)25(31)26-13-7-15-28-14-6-12-23(28)30/h2-5,8-11,16,18H,6-7,12-15,17H2,1H3,(H,26,31). The molecule has 0 aliphatic carbocycles. The molecule has 2 aromatic carbocycles. The second kappa shape index (κ2) is 10.1. The monoisotopic (exact) mass is 432 g/mol. The van der Waals surface area contributed by atoms with Gasteiger partial charge in [0, 0.05) is 37.8 Å². The number of aromatic nitrogens is 2. The van der Waals surface area contributed by atoms with E-state index in [2.05, 4.69) is 5.32 Å². The third kappa shape index (κ3) is 5.17. The average Bonchev–Trinajstić information content (AvgIpc) is 3.43. The molecule has 0 saturated carbocycles. The van der Waals surface area contributed by atoms with E-state index in [1.807, 2.05) is 59.5 Å². The molecule has 0 unspecified atom stereocenters. The van der Waals surface area contributed by atoms with E-state index in [-0.39, 0.29) is 11.8 Å². The van der Waals surface area contributed by atoms with E-state index in [1.165, 1.54) is 0 Å². The van der Waals surface area contributed by atoms with Crippen LogP contribution in [-0.4, -0.2) is 53.2 Å². The topological polar surface area (TPSA) is 76.5 Å². The lowest BCUT2D eigenvalue weighted by Gasteiger charge is -2.15. The molecule has 1 fully saturated rings. The van der Waals surface area contributed by atoms with Crippen LogP contribution >= 0.6 is 0 Å². The van der Waals surface area contributed by atoms with Crippen molar-refractivity contribution in [1.82, 2.24) is 20.0 Å². The minimum Gasteiger partial charge on any atom is -0.497 e. The van der Waals surface area contributed by atoms with Gasteiger partial charge in [-0.3, -0.25) is 14.3 Å². The molecule has 1 aromatic heterocycles. The minimum atomic E-state index is -0.171. The van der Waals surface area contributed by atoms with Crippen molar-refractivity contribution in [3.8, 4) is 17.0 Å². The molecule has 1 aliphatic heterocycles. The van der Waals surface area contributed by atoms with E-state index in [0.29, 0.717) is 43.1 Å². The first-order valence-electron chi connectivity index (χ1n) is 11.0. The number of hydrogen-bond acceptors (Lipinski definition) is 4. The van der Waals surface area contributed by atoms with Gasteiger partial charge in [-0.05, 0) is 30.5 Å². The molecule has 0 bridgehead atoms. The second-order valence-electron chi connectivity index (χ2n) is 7.90. The maximum absolute atomic E-state index is 13.0. The Morgan fingerprint density at radius 2 is 2.00 bits per heavy atom. The Kier molecular flexibility index (Phi) is 6.84. The molecule has 2 amide bonds. The lowest BCUT2D eigenvalue weighted by molar-refractivity contribution is -0.127. The summed E-state index contributed by atoms with van der Waals surface area (Å²) in [4.78, 5) is 26.7. The number of amides is 2. The Morgan fingerprint density at radius 3 is 2.75 bits per heavy atom. The molecule has 2 heterocycles. The third-order valence-electron chi connectivity index (χ3n) is 5.60. The van der Waals surface area contributed by atoms with Crippen molar-refractivity contribution in [2.24, 2.45) is 0 Å². The van der Waals surface area contributed by atoms with E-state index in [0.717, 1.165) is 30.5 Å². The zero-order chi connectivity index (χ0) is 22.3. The van der Waals surface area contributed by atoms with E-state index < -0.39 is 0 Å². The van der Waals surface area contributed by atoms with Crippen LogP contribution in [0.25, 0.3) is 11.3 Å². The van der Waals surface area contributed by atoms with Gasteiger partial charge < -0.3 is 15.0 Å². The predicted molar refractivity (Wildman–Crippen MR) is 123 cm³/mol. The van der Waals surface area contributed by atoms with Gasteiger partial charge in [0.1, 0.15) is 11.4 Å². The summed E-state index contributed by atoms with van der Waals surface area (Å²) in [5, 5.41) is 7.71. The Bertz CT molecular complexity index is 1080. The molecule has 166 valence electrons. The van der Waals surface area contributed by atoms with Crippen molar-refractivity contribution in [2.75, 3.05) is 26.7 Å². The molecule has 1 N–H and O–H groups in total. The fourth-order valence-electron chi connectivity index (χ4n) is 3.93. The highest BCUT2D eigenvalue weighted by molar-refractivity contribution is 5.99. The van der Waals surface area contributed by atoms with Gasteiger partial charge in [0.25, 0.3) is 5.91 Å². The second-order valence-corrected chi connectivity index (χ2v) is 7.90. The van der Waals surface area contributed by atoms with Gasteiger partial charge in [-0.25, -0.2) is 0 Å². The van der Waals surface area contributed by atoms with E-state index in [4.69, 9.17) is 9.84 Å². The number of benzene rings is 2. The predicted octanol–water partition coefficient (Wildman–Crippen LogP) is 3.35. The Hall–Kier alpha value is -3.61. The van der Waals surface area contributed by atoms with Crippen molar-refractivity contribution in [3.63, 3.8) is 0 Å². The third-order valence-corrected chi connectivity index (χ3v) is 5.60. The van der Waals surface area contributed by atoms with Gasteiger partial charge in [-0.1, -0.05) is 42.5 Å². The first-order chi connectivity index (χ1) is 15.6. The number of rotatable bonds is 9. The summed E-state index contributed by atoms with van der Waals surface area (Å²) in [5.41, 5.74) is 3.07. The lowest BCUT2D eigenvalue weighted by atomic mass is 10.1. The van der Waals surface area contributed by atoms with Crippen LogP contribution < -0.4 is 10.1 Å². The summed E-state index contributed by atoms with van der Waals surface area (Å²) in [5.74, 6) is 0.746. The van der Waals surface area contributed by atoms with Crippen LogP contribution in [0.3, 0.4) is 0 Å². The molecule has 0 spiro atoms. The number of methoxy groups -OCH3 is 1. The van der Waals surface area contributed by atoms with Crippen molar-refractivity contribution in [3.05, 3.63) is 71.9 Å². The van der Waals surface area contributed by atoms with E-state index in [9.17, 15) is 9.59 Å². The maximum Gasteiger partial charge on any atom is 0.255 e. The number of nitrogens with zero attached hydrogens (tertiary/aromatic N) is 3. The van der Waals surface area contributed by atoms with E-state index in [1.54, 1.807) is 18.0 Å². The van der Waals surface area contributed by atoms with Gasteiger partial charge >= 0.3 is 0 Å². The molecule has 1 aliphatic rings. The SMILES string of the molecule is COc1cccc(-c2nn(Cc3ccccc3)cc2C(=O)NCCCN2CCCC2=O)c1. The summed E-state index contributed by atoms with van der Waals surface area (Å²) in [6.07, 6.45) is 4.08. The molecule has 7 nitrogen and oxygen atoms in total. The minimum absolute atomic E-state index is 0.171. The van der Waals surface area contributed by atoms with Gasteiger partial charge in [0.15, 0.2) is 0 Å². The zero-order valence-electron chi connectivity index (χ0n) is 18.3. The van der Waals surface area contributed by atoms with Crippen molar-refractivity contribution in [1.29, 1.82) is 0 Å². The highest BCUT2D eigenvalue weighted by Crippen LogP contribution is 2.26. The number of nitrogens with one attached hydrogen (secondary N) is 1. The highest BCUT2D eigenvalue weighted by Gasteiger charge is 2.21. The number of carbonyl (C=O) groups is 2. The fourth-order valence-corrected chi connectivity index (χ4v) is 3.93. The van der Waals surface area contributed by atoms with Gasteiger partial charge in [0.2, 0.25) is 5.91 Å². The van der Waals surface area contributed by atoms with Crippen LogP contribution in [0.4, 0.5) is 0 Å². The van der Waals surface area contributed by atoms with Crippen LogP contribution in [0.1, 0.15) is 35.2 Å². The molecule has 32 heavy (non-hydrogen) atoms. The Balaban J connectivity index is 1.50. The number of ether oxygens (including phenoxy) is 1. The summed E-state index contributed by atoms with van der Waals surface area (Å²) in [7, 11) is 1.62. The first kappa shape index (κ1) is 21.6. The number of hydrogen-bond donors (Lipinski definition) is 1. The lowest BCUT2D eigenvalue weighted by Crippen LogP contribution is -2.30. The normalized spacial score (nSPS) is 13.4. The van der Waals surface area contributed by atoms with Gasteiger partial charge in [0.05, 0.1) is 19.2 Å². The summed E-state index contributed by atoms with van der Waals surface area (Å²) >= 11 is 0. The van der Waals surface area contributed by atoms with Crippen LogP contribution in [0.5, 0.6) is 5.75 Å². The van der Waals surface area contributed by atoms with Crippen LogP contribution in [-0.2, 0) is 11.3 Å². The Labute approximate surface area is 188 Å². The fraction of sp³-hybridized carbons (Fsp3) is 0.320. The number of carbonyl (C=O) groups excluding carboxylic acids is 2. The molecule has 7 heteroatoms.